The summed E-state index contributed by atoms with van der Waals surface area (Å²) in [5, 5.41) is 3.06. The van der Waals surface area contributed by atoms with Crippen LogP contribution in [0.1, 0.15) is 52.7 Å². The zero-order valence-electron chi connectivity index (χ0n) is 17.7. The van der Waals surface area contributed by atoms with Crippen LogP contribution in [0, 0.1) is 6.92 Å². The minimum absolute atomic E-state index is 0.105. The summed E-state index contributed by atoms with van der Waals surface area (Å²) in [5.74, 6) is 0.887. The number of carbonyl (C=O) groups is 1. The molecule has 0 N–H and O–H groups in total. The Morgan fingerprint density at radius 1 is 1.19 bits per heavy atom. The molecule has 0 spiro atoms. The number of ether oxygens (including phenoxy) is 1. The first-order valence-electron chi connectivity index (χ1n) is 10.9. The summed E-state index contributed by atoms with van der Waals surface area (Å²) in [4.78, 5) is 19.7. The van der Waals surface area contributed by atoms with Crippen LogP contribution in [0.15, 0.2) is 60.0 Å². The summed E-state index contributed by atoms with van der Waals surface area (Å²) in [5.41, 5.74) is 4.61. The van der Waals surface area contributed by atoms with Gasteiger partial charge in [-0.3, -0.25) is 4.79 Å². The molecule has 0 radical (unpaired) electrons. The number of hydrogen-bond donors (Lipinski definition) is 0. The number of benzene rings is 2. The van der Waals surface area contributed by atoms with E-state index in [-0.39, 0.29) is 11.9 Å². The van der Waals surface area contributed by atoms with Gasteiger partial charge in [0.2, 0.25) is 5.91 Å². The van der Waals surface area contributed by atoms with E-state index in [1.54, 1.807) is 17.4 Å². The number of aromatic nitrogens is 1. The fourth-order valence-corrected chi connectivity index (χ4v) is 4.96. The van der Waals surface area contributed by atoms with Crippen molar-refractivity contribution in [2.45, 2.75) is 51.3 Å². The van der Waals surface area contributed by atoms with Gasteiger partial charge in [0.1, 0.15) is 12.4 Å². The van der Waals surface area contributed by atoms with E-state index in [2.05, 4.69) is 34.1 Å². The second-order valence-corrected chi connectivity index (χ2v) is 9.34. The molecule has 158 valence electrons. The molecule has 1 aromatic heterocycles. The average Bonchev–Trinajstić information content (AvgIpc) is 3.39. The Bertz CT molecular complexity index is 1120. The summed E-state index contributed by atoms with van der Waals surface area (Å²) >= 11 is 1.63. The highest BCUT2D eigenvalue weighted by Gasteiger charge is 2.39. The zero-order chi connectivity index (χ0) is 21.2. The summed E-state index contributed by atoms with van der Waals surface area (Å²) in [7, 11) is 0. The van der Waals surface area contributed by atoms with Gasteiger partial charge >= 0.3 is 0 Å². The normalized spacial score (nSPS) is 17.6. The van der Waals surface area contributed by atoms with Gasteiger partial charge in [-0.2, -0.15) is 0 Å². The van der Waals surface area contributed by atoms with E-state index in [0.29, 0.717) is 12.6 Å². The lowest BCUT2D eigenvalue weighted by Crippen LogP contribution is -2.34. The predicted octanol–water partition coefficient (Wildman–Crippen LogP) is 5.72. The maximum Gasteiger partial charge on any atom is 0.247 e. The summed E-state index contributed by atoms with van der Waals surface area (Å²) in [6.45, 7) is 2.44. The van der Waals surface area contributed by atoms with Crippen LogP contribution < -0.4 is 4.74 Å². The van der Waals surface area contributed by atoms with Crippen LogP contribution in [-0.4, -0.2) is 21.8 Å². The van der Waals surface area contributed by atoms with Crippen LogP contribution in [0.2, 0.25) is 0 Å². The smallest absolute Gasteiger partial charge is 0.247 e. The van der Waals surface area contributed by atoms with Crippen LogP contribution in [-0.2, 0) is 17.8 Å². The van der Waals surface area contributed by atoms with Gasteiger partial charge in [-0.15, -0.1) is 11.3 Å². The molecule has 0 saturated heterocycles. The minimum Gasteiger partial charge on any atom is -0.487 e. The number of thiazole rings is 1. The summed E-state index contributed by atoms with van der Waals surface area (Å²) in [6.07, 6.45) is 7.92. The fraction of sp³-hybridized carbons (Fsp3) is 0.308. The maximum absolute atomic E-state index is 13.2. The molecule has 1 unspecified atom stereocenters. The Kier molecular flexibility index (Phi) is 5.60. The third kappa shape index (κ3) is 4.57. The number of hydrogen-bond acceptors (Lipinski definition) is 4. The number of rotatable bonds is 7. The summed E-state index contributed by atoms with van der Waals surface area (Å²) < 4.78 is 5.88. The molecule has 3 aromatic rings. The first-order valence-corrected chi connectivity index (χ1v) is 11.8. The van der Waals surface area contributed by atoms with E-state index in [9.17, 15) is 4.79 Å². The monoisotopic (exact) mass is 430 g/mol. The number of amides is 1. The van der Waals surface area contributed by atoms with E-state index in [1.807, 2.05) is 42.6 Å². The quantitative estimate of drug-likeness (QED) is 0.450. The molecular formula is C26H26N2O2S. The van der Waals surface area contributed by atoms with Crippen molar-refractivity contribution >= 4 is 23.3 Å². The third-order valence-electron chi connectivity index (χ3n) is 5.96. The topological polar surface area (TPSA) is 42.4 Å². The van der Waals surface area contributed by atoms with Crippen molar-refractivity contribution in [2.24, 2.45) is 0 Å². The molecule has 31 heavy (non-hydrogen) atoms. The van der Waals surface area contributed by atoms with Crippen LogP contribution in [0.4, 0.5) is 0 Å². The average molecular weight is 431 g/mol. The molecule has 5 heteroatoms. The molecule has 2 aliphatic rings. The van der Waals surface area contributed by atoms with Crippen LogP contribution >= 0.6 is 11.3 Å². The van der Waals surface area contributed by atoms with Crippen molar-refractivity contribution in [1.29, 1.82) is 0 Å². The SMILES string of the molecule is Cc1nc(COc2cccc(/C=C/C(=O)N(C3CC3)C3CCc4ccccc43)c2)cs1. The van der Waals surface area contributed by atoms with Crippen molar-refractivity contribution in [1.82, 2.24) is 9.88 Å². The Morgan fingerprint density at radius 3 is 2.87 bits per heavy atom. The molecule has 1 fully saturated rings. The second-order valence-electron chi connectivity index (χ2n) is 8.28. The molecule has 0 bridgehead atoms. The van der Waals surface area contributed by atoms with Gasteiger partial charge in [-0.25, -0.2) is 4.98 Å². The molecule has 4 nitrogen and oxygen atoms in total. The molecule has 1 saturated carbocycles. The van der Waals surface area contributed by atoms with E-state index in [0.717, 1.165) is 47.7 Å². The van der Waals surface area contributed by atoms with E-state index in [1.165, 1.54) is 11.1 Å². The molecule has 2 aliphatic carbocycles. The summed E-state index contributed by atoms with van der Waals surface area (Å²) in [6, 6.07) is 17.0. The highest BCUT2D eigenvalue weighted by Crippen LogP contribution is 2.41. The largest absolute Gasteiger partial charge is 0.487 e. The van der Waals surface area contributed by atoms with Gasteiger partial charge in [0, 0.05) is 17.5 Å². The van der Waals surface area contributed by atoms with E-state index >= 15 is 0 Å². The highest BCUT2D eigenvalue weighted by molar-refractivity contribution is 7.09. The number of nitrogens with zero attached hydrogens (tertiary/aromatic N) is 2. The minimum atomic E-state index is 0.105. The fourth-order valence-electron chi connectivity index (χ4n) is 4.36. The number of fused-ring (bicyclic) bond motifs is 1. The molecule has 1 atom stereocenters. The van der Waals surface area contributed by atoms with Gasteiger partial charge < -0.3 is 9.64 Å². The molecule has 5 rings (SSSR count). The molecule has 2 aromatic carbocycles. The lowest BCUT2D eigenvalue weighted by molar-refractivity contribution is -0.129. The standard InChI is InChI=1S/C26H26N2O2S/c1-18-27-21(17-31-18)16-30-23-7-4-5-19(15-23)9-14-26(29)28(22-11-12-22)25-13-10-20-6-2-3-8-24(20)25/h2-9,14-15,17,22,25H,10-13,16H2,1H3/b14-9+. The van der Waals surface area contributed by atoms with Crippen molar-refractivity contribution in [3.63, 3.8) is 0 Å². The first kappa shape index (κ1) is 20.0. The van der Waals surface area contributed by atoms with Gasteiger partial charge in [0.25, 0.3) is 0 Å². The van der Waals surface area contributed by atoms with Gasteiger partial charge in [-0.05, 0) is 67.5 Å². The van der Waals surface area contributed by atoms with Crippen LogP contribution in [0.3, 0.4) is 0 Å². The molecule has 1 amide bonds. The Labute approximate surface area is 187 Å². The Balaban J connectivity index is 1.27. The predicted molar refractivity (Wildman–Crippen MR) is 124 cm³/mol. The van der Waals surface area contributed by atoms with Gasteiger partial charge in [0.15, 0.2) is 0 Å². The van der Waals surface area contributed by atoms with E-state index in [4.69, 9.17) is 4.74 Å². The highest BCUT2D eigenvalue weighted by atomic mass is 32.1. The number of carbonyl (C=O) groups excluding carboxylic acids is 1. The van der Waals surface area contributed by atoms with Crippen molar-refractivity contribution in [3.8, 4) is 5.75 Å². The first-order chi connectivity index (χ1) is 15.2. The Morgan fingerprint density at radius 2 is 2.06 bits per heavy atom. The van der Waals surface area contributed by atoms with Crippen molar-refractivity contribution in [2.75, 3.05) is 0 Å². The van der Waals surface area contributed by atoms with Gasteiger partial charge in [-0.1, -0.05) is 36.4 Å². The number of aryl methyl sites for hydroxylation is 2. The zero-order valence-corrected chi connectivity index (χ0v) is 18.5. The lowest BCUT2D eigenvalue weighted by Gasteiger charge is -2.29. The molecule has 0 aliphatic heterocycles. The Hall–Kier alpha value is -2.92. The molecular weight excluding hydrogens is 404 g/mol. The maximum atomic E-state index is 13.2. The third-order valence-corrected chi connectivity index (χ3v) is 6.78. The second kappa shape index (κ2) is 8.67. The lowest BCUT2D eigenvalue weighted by atomic mass is 10.1. The van der Waals surface area contributed by atoms with Crippen LogP contribution in [0.5, 0.6) is 5.75 Å². The van der Waals surface area contributed by atoms with Gasteiger partial charge in [0.05, 0.1) is 16.7 Å². The molecule has 1 heterocycles. The van der Waals surface area contributed by atoms with Crippen molar-refractivity contribution < 1.29 is 9.53 Å². The van der Waals surface area contributed by atoms with Crippen LogP contribution in [0.25, 0.3) is 6.08 Å². The van der Waals surface area contributed by atoms with E-state index < -0.39 is 0 Å². The van der Waals surface area contributed by atoms with Crippen molar-refractivity contribution in [3.05, 3.63) is 87.4 Å².